The van der Waals surface area contributed by atoms with E-state index in [9.17, 15) is 4.79 Å². The number of aromatic nitrogens is 1. The van der Waals surface area contributed by atoms with Crippen LogP contribution in [-0.4, -0.2) is 22.6 Å². The van der Waals surface area contributed by atoms with Crippen molar-refractivity contribution in [3.8, 4) is 0 Å². The third kappa shape index (κ3) is 3.60. The van der Waals surface area contributed by atoms with Crippen LogP contribution in [0.1, 0.15) is 49.5 Å². The standard InChI is InChI=1S/C14H22BrN3O/c1-2-18-9-10(15)8-13(18)14(19)17-12-7-5-3-4-6-11(12)16/h8-9,11-12H,2-7,16H2,1H3,(H,17,19). The highest BCUT2D eigenvalue weighted by Crippen LogP contribution is 2.19. The van der Waals surface area contributed by atoms with E-state index in [-0.39, 0.29) is 18.0 Å². The lowest BCUT2D eigenvalue weighted by molar-refractivity contribution is 0.0919. The summed E-state index contributed by atoms with van der Waals surface area (Å²) in [6.45, 7) is 2.81. The van der Waals surface area contributed by atoms with Gasteiger partial charge in [0, 0.05) is 29.3 Å². The molecule has 1 amide bonds. The molecule has 1 aliphatic carbocycles. The molecule has 0 spiro atoms. The Labute approximate surface area is 122 Å². The zero-order valence-electron chi connectivity index (χ0n) is 11.4. The Kier molecular flexibility index (Phi) is 5.05. The molecular weight excluding hydrogens is 306 g/mol. The van der Waals surface area contributed by atoms with Gasteiger partial charge in [-0.25, -0.2) is 0 Å². The van der Waals surface area contributed by atoms with Crippen molar-refractivity contribution in [3.63, 3.8) is 0 Å². The molecule has 1 aromatic rings. The maximum absolute atomic E-state index is 12.4. The van der Waals surface area contributed by atoms with Crippen LogP contribution in [0.15, 0.2) is 16.7 Å². The van der Waals surface area contributed by atoms with Gasteiger partial charge >= 0.3 is 0 Å². The highest BCUT2D eigenvalue weighted by Gasteiger charge is 2.23. The number of nitrogens with two attached hydrogens (primary N) is 1. The molecule has 1 heterocycles. The summed E-state index contributed by atoms with van der Waals surface area (Å²) in [6, 6.07) is 2.05. The molecule has 1 fully saturated rings. The number of carbonyl (C=O) groups is 1. The molecule has 1 saturated carbocycles. The van der Waals surface area contributed by atoms with E-state index in [2.05, 4.69) is 21.2 Å². The van der Waals surface area contributed by atoms with Gasteiger partial charge < -0.3 is 15.6 Å². The number of nitrogens with one attached hydrogen (secondary N) is 1. The first-order chi connectivity index (χ1) is 9.11. The predicted molar refractivity (Wildman–Crippen MR) is 80.1 cm³/mol. The van der Waals surface area contributed by atoms with E-state index in [4.69, 9.17) is 5.73 Å². The monoisotopic (exact) mass is 327 g/mol. The van der Waals surface area contributed by atoms with Crippen LogP contribution >= 0.6 is 15.9 Å². The van der Waals surface area contributed by atoms with E-state index < -0.39 is 0 Å². The second kappa shape index (κ2) is 6.57. The fraction of sp³-hybridized carbons (Fsp3) is 0.643. The van der Waals surface area contributed by atoms with Crippen molar-refractivity contribution in [2.24, 2.45) is 5.73 Å². The Morgan fingerprint density at radius 1 is 1.47 bits per heavy atom. The zero-order valence-corrected chi connectivity index (χ0v) is 12.9. The average molecular weight is 328 g/mol. The molecular formula is C14H22BrN3O. The van der Waals surface area contributed by atoms with Crippen molar-refractivity contribution in [3.05, 3.63) is 22.4 Å². The second-order valence-electron chi connectivity index (χ2n) is 5.21. The number of carbonyl (C=O) groups excluding carboxylic acids is 1. The van der Waals surface area contributed by atoms with Gasteiger partial charge in [0.15, 0.2) is 0 Å². The molecule has 5 heteroatoms. The summed E-state index contributed by atoms with van der Waals surface area (Å²) in [5.74, 6) is -0.0186. The fourth-order valence-corrected chi connectivity index (χ4v) is 3.15. The van der Waals surface area contributed by atoms with E-state index in [0.29, 0.717) is 5.69 Å². The summed E-state index contributed by atoms with van der Waals surface area (Å²) >= 11 is 3.42. The Morgan fingerprint density at radius 2 is 2.21 bits per heavy atom. The van der Waals surface area contributed by atoms with Gasteiger partial charge in [-0.15, -0.1) is 0 Å². The smallest absolute Gasteiger partial charge is 0.268 e. The molecule has 0 radical (unpaired) electrons. The Bertz CT molecular complexity index is 444. The summed E-state index contributed by atoms with van der Waals surface area (Å²) in [6.07, 6.45) is 7.46. The third-order valence-electron chi connectivity index (χ3n) is 3.82. The largest absolute Gasteiger partial charge is 0.346 e. The van der Waals surface area contributed by atoms with Crippen molar-refractivity contribution in [2.45, 2.75) is 57.7 Å². The summed E-state index contributed by atoms with van der Waals surface area (Å²) in [7, 11) is 0. The summed E-state index contributed by atoms with van der Waals surface area (Å²) in [5.41, 5.74) is 6.85. The molecule has 2 atom stereocenters. The molecule has 2 unspecified atom stereocenters. The SMILES string of the molecule is CCn1cc(Br)cc1C(=O)NC1CCCCCC1N. The first kappa shape index (κ1) is 14.6. The maximum atomic E-state index is 12.4. The van der Waals surface area contributed by atoms with E-state index in [1.807, 2.05) is 23.8 Å². The topological polar surface area (TPSA) is 60.0 Å². The third-order valence-corrected chi connectivity index (χ3v) is 4.26. The molecule has 106 valence electrons. The van der Waals surface area contributed by atoms with Gasteiger partial charge in [0.2, 0.25) is 0 Å². The van der Waals surface area contributed by atoms with Crippen LogP contribution in [-0.2, 0) is 6.54 Å². The highest BCUT2D eigenvalue weighted by atomic mass is 79.9. The normalized spacial score (nSPS) is 23.9. The minimum Gasteiger partial charge on any atom is -0.346 e. The van der Waals surface area contributed by atoms with Gasteiger partial charge in [0.1, 0.15) is 5.69 Å². The molecule has 0 aromatic carbocycles. The molecule has 19 heavy (non-hydrogen) atoms. The van der Waals surface area contributed by atoms with Crippen LogP contribution in [0.5, 0.6) is 0 Å². The quantitative estimate of drug-likeness (QED) is 0.838. The Morgan fingerprint density at radius 3 is 2.95 bits per heavy atom. The number of aryl methyl sites for hydroxylation is 1. The van der Waals surface area contributed by atoms with Crippen LogP contribution in [0.2, 0.25) is 0 Å². The van der Waals surface area contributed by atoms with Gasteiger partial charge in [0.05, 0.1) is 0 Å². The van der Waals surface area contributed by atoms with Crippen molar-refractivity contribution >= 4 is 21.8 Å². The minimum atomic E-state index is -0.0186. The average Bonchev–Trinajstić information content (AvgIpc) is 2.66. The van der Waals surface area contributed by atoms with Crippen molar-refractivity contribution < 1.29 is 4.79 Å². The lowest BCUT2D eigenvalue weighted by Crippen LogP contribution is -2.47. The van der Waals surface area contributed by atoms with Crippen LogP contribution in [0, 0.1) is 0 Å². The highest BCUT2D eigenvalue weighted by molar-refractivity contribution is 9.10. The molecule has 0 saturated heterocycles. The van der Waals surface area contributed by atoms with Crippen LogP contribution in [0.3, 0.4) is 0 Å². The van der Waals surface area contributed by atoms with E-state index in [1.165, 1.54) is 12.8 Å². The van der Waals surface area contributed by atoms with Crippen molar-refractivity contribution in [1.82, 2.24) is 9.88 Å². The van der Waals surface area contributed by atoms with Crippen molar-refractivity contribution in [2.75, 3.05) is 0 Å². The fourth-order valence-electron chi connectivity index (χ4n) is 2.68. The number of halogens is 1. The Balaban J connectivity index is 2.06. The lowest BCUT2D eigenvalue weighted by atomic mass is 10.0. The molecule has 0 aliphatic heterocycles. The number of amides is 1. The van der Waals surface area contributed by atoms with Crippen LogP contribution < -0.4 is 11.1 Å². The first-order valence-electron chi connectivity index (χ1n) is 7.04. The molecule has 1 aliphatic rings. The molecule has 0 bridgehead atoms. The number of hydrogen-bond donors (Lipinski definition) is 2. The number of nitrogens with zero attached hydrogens (tertiary/aromatic N) is 1. The van der Waals surface area contributed by atoms with Gasteiger partial charge in [-0.2, -0.15) is 0 Å². The molecule has 2 rings (SSSR count). The van der Waals surface area contributed by atoms with Gasteiger partial charge in [-0.3, -0.25) is 4.79 Å². The lowest BCUT2D eigenvalue weighted by Gasteiger charge is -2.22. The van der Waals surface area contributed by atoms with Gasteiger partial charge in [0.25, 0.3) is 5.91 Å². The molecule has 4 nitrogen and oxygen atoms in total. The zero-order chi connectivity index (χ0) is 13.8. The number of hydrogen-bond acceptors (Lipinski definition) is 2. The summed E-state index contributed by atoms with van der Waals surface area (Å²) in [5, 5.41) is 3.11. The maximum Gasteiger partial charge on any atom is 0.268 e. The minimum absolute atomic E-state index is 0.0186. The second-order valence-corrected chi connectivity index (χ2v) is 6.13. The van der Waals surface area contributed by atoms with Crippen molar-refractivity contribution in [1.29, 1.82) is 0 Å². The Hall–Kier alpha value is -0.810. The predicted octanol–water partition coefficient (Wildman–Crippen LogP) is 2.66. The first-order valence-corrected chi connectivity index (χ1v) is 7.83. The van der Waals surface area contributed by atoms with E-state index >= 15 is 0 Å². The van der Waals surface area contributed by atoms with E-state index in [0.717, 1.165) is 30.3 Å². The van der Waals surface area contributed by atoms with Crippen LogP contribution in [0.4, 0.5) is 0 Å². The molecule has 1 aromatic heterocycles. The molecule has 3 N–H and O–H groups in total. The number of rotatable bonds is 3. The summed E-state index contributed by atoms with van der Waals surface area (Å²) < 4.78 is 2.88. The van der Waals surface area contributed by atoms with Crippen LogP contribution in [0.25, 0.3) is 0 Å². The van der Waals surface area contributed by atoms with Gasteiger partial charge in [-0.05, 0) is 41.8 Å². The van der Waals surface area contributed by atoms with Gasteiger partial charge in [-0.1, -0.05) is 19.3 Å². The summed E-state index contributed by atoms with van der Waals surface area (Å²) in [4.78, 5) is 12.4. The van der Waals surface area contributed by atoms with E-state index in [1.54, 1.807) is 0 Å².